The van der Waals surface area contributed by atoms with Crippen LogP contribution in [0.15, 0.2) is 65.7 Å². The minimum atomic E-state index is -3.79. The molecule has 3 aromatic rings. The van der Waals surface area contributed by atoms with Gasteiger partial charge in [0.15, 0.2) is 0 Å². The molecule has 1 aliphatic rings. The lowest BCUT2D eigenvalue weighted by atomic mass is 9.77. The Kier molecular flexibility index (Phi) is 7.40. The highest BCUT2D eigenvalue weighted by Gasteiger charge is 2.38. The molecule has 0 radical (unpaired) electrons. The number of benzene rings is 2. The van der Waals surface area contributed by atoms with Crippen molar-refractivity contribution in [1.29, 1.82) is 0 Å². The summed E-state index contributed by atoms with van der Waals surface area (Å²) in [4.78, 5) is 14.6. The van der Waals surface area contributed by atoms with Gasteiger partial charge in [-0.1, -0.05) is 49.7 Å². The zero-order valence-corrected chi connectivity index (χ0v) is 20.4. The highest BCUT2D eigenvalue weighted by atomic mass is 32.2. The first kappa shape index (κ1) is 24.4. The van der Waals surface area contributed by atoms with Crippen LogP contribution in [0.2, 0.25) is 0 Å². The third kappa shape index (κ3) is 4.62. The number of para-hydroxylation sites is 1. The maximum Gasteiger partial charge on any atom is 0.305 e. The molecule has 0 spiro atoms. The van der Waals surface area contributed by atoms with Crippen LogP contribution < -0.4 is 0 Å². The topological polar surface area (TPSA) is 88.8 Å². The molecule has 0 bridgehead atoms. The molecule has 0 amide bonds. The molecule has 7 nitrogen and oxygen atoms in total. The minimum Gasteiger partial charge on any atom is -0.469 e. The summed E-state index contributed by atoms with van der Waals surface area (Å²) in [5, 5.41) is 10.6. The summed E-state index contributed by atoms with van der Waals surface area (Å²) in [7, 11) is -2.38. The van der Waals surface area contributed by atoms with E-state index in [4.69, 9.17) is 4.74 Å². The molecule has 1 saturated heterocycles. The second-order valence-corrected chi connectivity index (χ2v) is 10.7. The summed E-state index contributed by atoms with van der Waals surface area (Å²) < 4.78 is 33.4. The SMILES string of the molecule is CC[C@H]1CN(CCO)[C@H](c2cn(S(=O)(=O)c3ccccc3)c3ccccc23)C[C@H]1CC(=O)OC. The number of carbonyl (C=O) groups excluding carboxylic acids is 1. The number of ether oxygens (including phenoxy) is 1. The Morgan fingerprint density at radius 1 is 1.09 bits per heavy atom. The molecule has 1 aromatic heterocycles. The summed E-state index contributed by atoms with van der Waals surface area (Å²) in [6.07, 6.45) is 3.66. The van der Waals surface area contributed by atoms with E-state index in [0.717, 1.165) is 23.9 Å². The quantitative estimate of drug-likeness (QED) is 0.489. The van der Waals surface area contributed by atoms with Crippen LogP contribution >= 0.6 is 0 Å². The van der Waals surface area contributed by atoms with Gasteiger partial charge in [-0.15, -0.1) is 0 Å². The fraction of sp³-hybridized carbons (Fsp3) is 0.423. The second kappa shape index (κ2) is 10.3. The molecule has 0 unspecified atom stereocenters. The summed E-state index contributed by atoms with van der Waals surface area (Å²) in [5.41, 5.74) is 1.51. The lowest BCUT2D eigenvalue weighted by Crippen LogP contribution is -2.44. The van der Waals surface area contributed by atoms with Crippen molar-refractivity contribution in [3.63, 3.8) is 0 Å². The number of aromatic nitrogens is 1. The minimum absolute atomic E-state index is 0.00948. The van der Waals surface area contributed by atoms with Crippen LogP contribution in [0.5, 0.6) is 0 Å². The van der Waals surface area contributed by atoms with Crippen LogP contribution in [0.25, 0.3) is 10.9 Å². The van der Waals surface area contributed by atoms with Gasteiger partial charge in [0.2, 0.25) is 0 Å². The van der Waals surface area contributed by atoms with Crippen molar-refractivity contribution in [2.75, 3.05) is 26.8 Å². The van der Waals surface area contributed by atoms with E-state index >= 15 is 0 Å². The number of esters is 1. The third-order valence-corrected chi connectivity index (χ3v) is 8.73. The van der Waals surface area contributed by atoms with Crippen molar-refractivity contribution in [3.8, 4) is 0 Å². The Balaban J connectivity index is 1.82. The Hall–Kier alpha value is -2.68. The second-order valence-electron chi connectivity index (χ2n) is 8.89. The van der Waals surface area contributed by atoms with Gasteiger partial charge >= 0.3 is 5.97 Å². The first-order chi connectivity index (χ1) is 16.4. The Morgan fingerprint density at radius 3 is 2.47 bits per heavy atom. The van der Waals surface area contributed by atoms with Crippen LogP contribution in [0.4, 0.5) is 0 Å². The molecule has 3 atom stereocenters. The number of likely N-dealkylation sites (tertiary alicyclic amines) is 1. The predicted molar refractivity (Wildman–Crippen MR) is 131 cm³/mol. The van der Waals surface area contributed by atoms with E-state index in [1.807, 2.05) is 24.3 Å². The van der Waals surface area contributed by atoms with Gasteiger partial charge in [0.05, 0.1) is 24.1 Å². The smallest absolute Gasteiger partial charge is 0.305 e. The van der Waals surface area contributed by atoms with E-state index in [1.165, 1.54) is 11.1 Å². The number of nitrogens with zero attached hydrogens (tertiary/aromatic N) is 2. The summed E-state index contributed by atoms with van der Waals surface area (Å²) in [6, 6.07) is 15.8. The van der Waals surface area contributed by atoms with E-state index in [0.29, 0.717) is 30.8 Å². The van der Waals surface area contributed by atoms with E-state index in [2.05, 4.69) is 11.8 Å². The van der Waals surface area contributed by atoms with Gasteiger partial charge in [0, 0.05) is 37.1 Å². The van der Waals surface area contributed by atoms with Crippen LogP contribution in [0.3, 0.4) is 0 Å². The van der Waals surface area contributed by atoms with Crippen molar-refractivity contribution in [2.24, 2.45) is 11.8 Å². The number of hydrogen-bond acceptors (Lipinski definition) is 6. The lowest BCUT2D eigenvalue weighted by molar-refractivity contribution is -0.143. The van der Waals surface area contributed by atoms with Gasteiger partial charge in [-0.2, -0.15) is 0 Å². The van der Waals surface area contributed by atoms with Gasteiger partial charge in [0.1, 0.15) is 0 Å². The van der Waals surface area contributed by atoms with Gasteiger partial charge < -0.3 is 9.84 Å². The largest absolute Gasteiger partial charge is 0.469 e. The molecule has 0 saturated carbocycles. The summed E-state index contributed by atoms with van der Waals surface area (Å²) in [5.74, 6) is 0.181. The maximum atomic E-state index is 13.5. The maximum absolute atomic E-state index is 13.5. The summed E-state index contributed by atoms with van der Waals surface area (Å²) in [6.45, 7) is 3.34. The number of piperidine rings is 1. The molecule has 34 heavy (non-hydrogen) atoms. The molecule has 1 aliphatic heterocycles. The normalized spacial score (nSPS) is 21.6. The molecule has 4 rings (SSSR count). The van der Waals surface area contributed by atoms with Crippen molar-refractivity contribution >= 4 is 26.9 Å². The number of fused-ring (bicyclic) bond motifs is 1. The van der Waals surface area contributed by atoms with E-state index in [1.54, 1.807) is 36.5 Å². The first-order valence-electron chi connectivity index (χ1n) is 11.7. The van der Waals surface area contributed by atoms with Crippen molar-refractivity contribution < 1.29 is 23.1 Å². The standard InChI is InChI=1S/C26H32N2O5S/c1-3-19-17-27(13-14-29)25(15-20(19)16-26(30)33-2)23-18-28(24-12-8-7-11-22(23)24)34(31,32)21-9-5-4-6-10-21/h4-12,18-20,25,29H,3,13-17H2,1-2H3/t19-,20-,25-/m0/s1. The zero-order chi connectivity index (χ0) is 24.3. The fourth-order valence-corrected chi connectivity index (χ4v) is 6.66. The monoisotopic (exact) mass is 484 g/mol. The van der Waals surface area contributed by atoms with Crippen LogP contribution in [-0.2, 0) is 19.6 Å². The third-order valence-electron chi connectivity index (χ3n) is 7.04. The average molecular weight is 485 g/mol. The average Bonchev–Trinajstić information content (AvgIpc) is 3.25. The molecule has 0 aliphatic carbocycles. The van der Waals surface area contributed by atoms with Crippen LogP contribution in [-0.4, -0.2) is 55.2 Å². The number of hydrogen-bond donors (Lipinski definition) is 1. The molecule has 1 fully saturated rings. The number of β-amino-alcohol motifs (C(OH)–C–C–N with tert-alkyl or cyclic N) is 1. The van der Waals surface area contributed by atoms with Gasteiger partial charge in [0.25, 0.3) is 10.0 Å². The number of aliphatic hydroxyl groups is 1. The van der Waals surface area contributed by atoms with Gasteiger partial charge in [-0.25, -0.2) is 12.4 Å². The number of methoxy groups -OCH3 is 1. The molecule has 182 valence electrons. The molecule has 2 aromatic carbocycles. The fourth-order valence-electron chi connectivity index (χ4n) is 5.26. The summed E-state index contributed by atoms with van der Waals surface area (Å²) >= 11 is 0. The van der Waals surface area contributed by atoms with Crippen LogP contribution in [0, 0.1) is 11.8 Å². The number of rotatable bonds is 8. The highest BCUT2D eigenvalue weighted by molar-refractivity contribution is 7.90. The lowest BCUT2D eigenvalue weighted by Gasteiger charge is -2.43. The molecule has 8 heteroatoms. The van der Waals surface area contributed by atoms with Crippen LogP contribution in [0.1, 0.15) is 37.8 Å². The zero-order valence-electron chi connectivity index (χ0n) is 19.6. The van der Waals surface area contributed by atoms with Crippen molar-refractivity contribution in [3.05, 3.63) is 66.4 Å². The Bertz CT molecular complexity index is 1240. The van der Waals surface area contributed by atoms with E-state index < -0.39 is 10.0 Å². The Morgan fingerprint density at radius 2 is 1.79 bits per heavy atom. The number of aliphatic hydroxyl groups excluding tert-OH is 1. The number of carbonyl (C=O) groups is 1. The molecular formula is C26H32N2O5S. The van der Waals surface area contributed by atoms with Crippen molar-refractivity contribution in [1.82, 2.24) is 8.87 Å². The molecule has 2 heterocycles. The molecule has 1 N–H and O–H groups in total. The van der Waals surface area contributed by atoms with Gasteiger partial charge in [-0.05, 0) is 42.0 Å². The predicted octanol–water partition coefficient (Wildman–Crippen LogP) is 3.82. The molecular weight excluding hydrogens is 452 g/mol. The highest BCUT2D eigenvalue weighted by Crippen LogP contribution is 2.43. The van der Waals surface area contributed by atoms with Gasteiger partial charge in [-0.3, -0.25) is 9.69 Å². The first-order valence-corrected chi connectivity index (χ1v) is 13.2. The van der Waals surface area contributed by atoms with E-state index in [9.17, 15) is 18.3 Å². The van der Waals surface area contributed by atoms with Crippen molar-refractivity contribution in [2.45, 2.75) is 37.1 Å². The Labute approximate surface area is 201 Å². The van der Waals surface area contributed by atoms with E-state index in [-0.39, 0.29) is 29.4 Å².